The highest BCUT2D eigenvalue weighted by atomic mass is 19.3. The number of ether oxygens (including phenoxy) is 1. The van der Waals surface area contributed by atoms with Crippen LogP contribution in [0.15, 0.2) is 24.2 Å². The third-order valence-electron chi connectivity index (χ3n) is 4.37. The zero-order valence-corrected chi connectivity index (χ0v) is 13.8. The van der Waals surface area contributed by atoms with E-state index < -0.39 is 11.8 Å². The third-order valence-corrected chi connectivity index (χ3v) is 4.37. The highest BCUT2D eigenvalue weighted by Gasteiger charge is 2.36. The van der Waals surface area contributed by atoms with E-state index in [1.165, 1.54) is 12.4 Å². The maximum Gasteiger partial charge on any atom is 0.259 e. The number of allylic oxidation sites excluding steroid dienone is 1. The van der Waals surface area contributed by atoms with Gasteiger partial charge in [-0.3, -0.25) is 4.79 Å². The second kappa shape index (κ2) is 7.07. The number of nitrogens with two attached hydrogens (primary N) is 1. The van der Waals surface area contributed by atoms with Gasteiger partial charge in [-0.1, -0.05) is 6.08 Å². The molecule has 26 heavy (non-hydrogen) atoms. The first-order valence-electron chi connectivity index (χ1n) is 8.15. The molecule has 1 aliphatic carbocycles. The number of nitrogens with zero attached hydrogens (tertiary/aromatic N) is 3. The molecule has 1 amide bonds. The van der Waals surface area contributed by atoms with Gasteiger partial charge in [-0.05, 0) is 24.8 Å². The van der Waals surface area contributed by atoms with Crippen molar-refractivity contribution in [1.29, 1.82) is 5.26 Å². The van der Waals surface area contributed by atoms with Gasteiger partial charge in [0, 0.05) is 19.0 Å². The number of aromatic nitrogens is 3. The lowest BCUT2D eigenvalue weighted by atomic mass is 9.94. The number of halogens is 2. The lowest BCUT2D eigenvalue weighted by Crippen LogP contribution is -2.31. The van der Waals surface area contributed by atoms with Crippen molar-refractivity contribution in [3.63, 3.8) is 0 Å². The van der Waals surface area contributed by atoms with E-state index in [2.05, 4.69) is 15.0 Å². The zero-order valence-electron chi connectivity index (χ0n) is 13.8. The standard InChI is InChI=1S/C17H17F2N5O2/c18-17(19)5-3-12(4-6-17)26-16-13-11(2-1-10(7-20)14(21)25)8-22-15(13)23-9-24-16/h1,8-9,12H,2-6H2,(H2,21,25)(H,22,23,24)/b10-1+. The highest BCUT2D eigenvalue weighted by molar-refractivity contribution is 5.96. The molecule has 3 rings (SSSR count). The van der Waals surface area contributed by atoms with Crippen LogP contribution < -0.4 is 10.5 Å². The average Bonchev–Trinajstić information content (AvgIpc) is 3.01. The maximum absolute atomic E-state index is 13.3. The summed E-state index contributed by atoms with van der Waals surface area (Å²) in [5, 5.41) is 9.51. The predicted octanol–water partition coefficient (Wildman–Crippen LogP) is 2.39. The summed E-state index contributed by atoms with van der Waals surface area (Å²) in [4.78, 5) is 22.4. The second-order valence-electron chi connectivity index (χ2n) is 6.19. The molecule has 1 saturated carbocycles. The van der Waals surface area contributed by atoms with Crippen molar-refractivity contribution in [3.05, 3.63) is 29.7 Å². The number of primary amides is 1. The van der Waals surface area contributed by atoms with Gasteiger partial charge < -0.3 is 15.5 Å². The fraction of sp³-hybridized carbons (Fsp3) is 0.412. The Labute approximate surface area is 147 Å². The number of hydrogen-bond donors (Lipinski definition) is 2. The molecule has 1 fully saturated rings. The fourth-order valence-corrected chi connectivity index (χ4v) is 2.95. The Kier molecular flexibility index (Phi) is 4.84. The Bertz CT molecular complexity index is 890. The molecule has 0 aliphatic heterocycles. The monoisotopic (exact) mass is 361 g/mol. The molecule has 0 bridgehead atoms. The molecule has 2 aromatic heterocycles. The molecule has 7 nitrogen and oxygen atoms in total. The maximum atomic E-state index is 13.3. The van der Waals surface area contributed by atoms with Gasteiger partial charge >= 0.3 is 0 Å². The van der Waals surface area contributed by atoms with Crippen molar-refractivity contribution in [1.82, 2.24) is 15.0 Å². The normalized spacial score (nSPS) is 17.8. The fourth-order valence-electron chi connectivity index (χ4n) is 2.95. The second-order valence-corrected chi connectivity index (χ2v) is 6.19. The van der Waals surface area contributed by atoms with E-state index in [9.17, 15) is 13.6 Å². The van der Waals surface area contributed by atoms with Crippen LogP contribution in [0.2, 0.25) is 0 Å². The number of amides is 1. The summed E-state index contributed by atoms with van der Waals surface area (Å²) >= 11 is 0. The van der Waals surface area contributed by atoms with Crippen molar-refractivity contribution in [2.75, 3.05) is 0 Å². The number of carbonyl (C=O) groups is 1. The van der Waals surface area contributed by atoms with Gasteiger partial charge in [-0.2, -0.15) is 5.26 Å². The molecule has 0 spiro atoms. The minimum Gasteiger partial charge on any atom is -0.474 e. The Hall–Kier alpha value is -3.02. The smallest absolute Gasteiger partial charge is 0.259 e. The van der Waals surface area contributed by atoms with Gasteiger partial charge in [-0.15, -0.1) is 0 Å². The number of carbonyl (C=O) groups excluding carboxylic acids is 1. The van der Waals surface area contributed by atoms with E-state index in [0.717, 1.165) is 0 Å². The first-order valence-corrected chi connectivity index (χ1v) is 8.15. The van der Waals surface area contributed by atoms with Gasteiger partial charge in [-0.25, -0.2) is 18.7 Å². The van der Waals surface area contributed by atoms with E-state index in [0.29, 0.717) is 22.5 Å². The van der Waals surface area contributed by atoms with Crippen LogP contribution in [0.5, 0.6) is 5.88 Å². The van der Waals surface area contributed by atoms with E-state index in [1.54, 1.807) is 12.3 Å². The molecular formula is C17H17F2N5O2. The summed E-state index contributed by atoms with van der Waals surface area (Å²) in [6.45, 7) is 0. The van der Waals surface area contributed by atoms with Gasteiger partial charge in [0.2, 0.25) is 11.8 Å². The highest BCUT2D eigenvalue weighted by Crippen LogP contribution is 2.36. The molecule has 3 N–H and O–H groups in total. The summed E-state index contributed by atoms with van der Waals surface area (Å²) in [6.07, 6.45) is 4.41. The van der Waals surface area contributed by atoms with E-state index >= 15 is 0 Å². The quantitative estimate of drug-likeness (QED) is 0.626. The van der Waals surface area contributed by atoms with Gasteiger partial charge in [0.15, 0.2) is 0 Å². The topological polar surface area (TPSA) is 118 Å². The summed E-state index contributed by atoms with van der Waals surface area (Å²) in [5.74, 6) is -3.14. The molecule has 0 atom stereocenters. The van der Waals surface area contributed by atoms with Gasteiger partial charge in [0.1, 0.15) is 29.7 Å². The van der Waals surface area contributed by atoms with E-state index in [-0.39, 0.29) is 43.8 Å². The lowest BCUT2D eigenvalue weighted by Gasteiger charge is -2.28. The number of nitrogens with one attached hydrogen (secondary N) is 1. The third kappa shape index (κ3) is 3.79. The zero-order chi connectivity index (χ0) is 18.7. The van der Waals surface area contributed by atoms with Crippen LogP contribution in [0.1, 0.15) is 31.2 Å². The van der Waals surface area contributed by atoms with Gasteiger partial charge in [0.25, 0.3) is 5.91 Å². The molecule has 2 heterocycles. The molecular weight excluding hydrogens is 344 g/mol. The summed E-state index contributed by atoms with van der Waals surface area (Å²) in [7, 11) is 0. The summed E-state index contributed by atoms with van der Waals surface area (Å²) in [5.41, 5.74) is 6.22. The first kappa shape index (κ1) is 17.8. The number of nitriles is 1. The predicted molar refractivity (Wildman–Crippen MR) is 88.3 cm³/mol. The largest absolute Gasteiger partial charge is 0.474 e. The van der Waals surface area contributed by atoms with Crippen molar-refractivity contribution < 1.29 is 18.3 Å². The van der Waals surface area contributed by atoms with Crippen LogP contribution in [0.3, 0.4) is 0 Å². The van der Waals surface area contributed by atoms with Crippen LogP contribution in [-0.2, 0) is 11.2 Å². The Balaban J connectivity index is 1.84. The summed E-state index contributed by atoms with van der Waals surface area (Å²) < 4.78 is 32.5. The van der Waals surface area contributed by atoms with E-state index in [1.807, 2.05) is 0 Å². The number of fused-ring (bicyclic) bond motifs is 1. The molecule has 1 aliphatic rings. The molecule has 0 saturated heterocycles. The van der Waals surface area contributed by atoms with Crippen molar-refractivity contribution >= 4 is 16.9 Å². The Morgan fingerprint density at radius 2 is 2.19 bits per heavy atom. The van der Waals surface area contributed by atoms with Crippen molar-refractivity contribution in [2.24, 2.45) is 5.73 Å². The number of alkyl halides is 2. The minimum absolute atomic E-state index is 0.145. The van der Waals surface area contributed by atoms with Crippen molar-refractivity contribution in [2.45, 2.75) is 44.1 Å². The summed E-state index contributed by atoms with van der Waals surface area (Å²) in [6, 6.07) is 1.74. The van der Waals surface area contributed by atoms with Crippen LogP contribution in [-0.4, -0.2) is 32.9 Å². The number of hydrogen-bond acceptors (Lipinski definition) is 5. The molecule has 0 aromatic carbocycles. The molecule has 0 radical (unpaired) electrons. The Morgan fingerprint density at radius 1 is 1.46 bits per heavy atom. The number of aromatic amines is 1. The molecule has 2 aromatic rings. The average molecular weight is 361 g/mol. The van der Waals surface area contributed by atoms with Crippen molar-refractivity contribution in [3.8, 4) is 11.9 Å². The Morgan fingerprint density at radius 3 is 2.85 bits per heavy atom. The van der Waals surface area contributed by atoms with Crippen LogP contribution >= 0.6 is 0 Å². The van der Waals surface area contributed by atoms with E-state index in [4.69, 9.17) is 15.7 Å². The van der Waals surface area contributed by atoms with Crippen LogP contribution in [0.25, 0.3) is 11.0 Å². The molecule has 0 unspecified atom stereocenters. The number of rotatable bonds is 5. The molecule has 136 valence electrons. The minimum atomic E-state index is -2.63. The molecule has 9 heteroatoms. The van der Waals surface area contributed by atoms with Crippen LogP contribution in [0, 0.1) is 11.3 Å². The number of H-pyrrole nitrogens is 1. The van der Waals surface area contributed by atoms with Crippen LogP contribution in [0.4, 0.5) is 8.78 Å². The first-order chi connectivity index (χ1) is 12.4. The lowest BCUT2D eigenvalue weighted by molar-refractivity contribution is -0.114. The van der Waals surface area contributed by atoms with Gasteiger partial charge in [0.05, 0.1) is 5.39 Å². The SMILES string of the molecule is N#C/C(=C\Cc1c[nH]c2ncnc(OC3CCC(F)(F)CC3)c12)C(N)=O.